The number of hydrogen-bond donors (Lipinski definition) is 8. The van der Waals surface area contributed by atoms with E-state index in [1.807, 2.05) is 24.3 Å². The van der Waals surface area contributed by atoms with E-state index in [4.69, 9.17) is 17.2 Å². The summed E-state index contributed by atoms with van der Waals surface area (Å²) in [6.45, 7) is 1.57. The molecule has 1 saturated carbocycles. The van der Waals surface area contributed by atoms with E-state index < -0.39 is 77.6 Å². The lowest BCUT2D eigenvalue weighted by Gasteiger charge is -2.37. The molecule has 3 fully saturated rings. The van der Waals surface area contributed by atoms with Gasteiger partial charge in [0.2, 0.25) is 29.5 Å². The van der Waals surface area contributed by atoms with Crippen LogP contribution in [0.1, 0.15) is 95.1 Å². The number of fused-ring (bicyclic) bond motifs is 2. The van der Waals surface area contributed by atoms with Crippen LogP contribution in [0.15, 0.2) is 65.8 Å². The fraction of sp³-hybridized carbons (Fsp3) is 0.532. The third-order valence-corrected chi connectivity index (χ3v) is 12.8. The standard InChI is InChI=1S/C47H65N11O7/c1-29(59)53-38(26-31-15-6-3-7-16-31)45(64)58-40(20-10-22-48)46(65)57-24-12-21-39(57)43(62)56-36(25-30-13-4-2-5-14-30)41(60)55-37(27-32-28-52-34-18-9-8-17-33(32)34)42(61)54-35(44(58)63)19-11-23-51-47(49)50/h3,6-9,15-18,28,30,35-40,52H,2,4-5,10-14,19-27,48H2,1H3,(H,53,59)(H,54,61)(H,55,60)(H,56,62)(H4,49,50,51)/t35-,36+,37-,38-,39-,40-/m0/s1. The summed E-state index contributed by atoms with van der Waals surface area (Å²) in [5, 5.41) is 12.3. The number of benzene rings is 2. The van der Waals surface area contributed by atoms with Crippen molar-refractivity contribution in [1.29, 1.82) is 0 Å². The summed E-state index contributed by atoms with van der Waals surface area (Å²) in [6, 6.07) is 8.85. The fourth-order valence-electron chi connectivity index (χ4n) is 9.51. The van der Waals surface area contributed by atoms with Crippen molar-refractivity contribution in [1.82, 2.24) is 36.1 Å². The van der Waals surface area contributed by atoms with Gasteiger partial charge in [-0.2, -0.15) is 0 Å². The Morgan fingerprint density at radius 2 is 1.49 bits per heavy atom. The second kappa shape index (κ2) is 23.1. The van der Waals surface area contributed by atoms with Crippen molar-refractivity contribution in [3.63, 3.8) is 0 Å². The van der Waals surface area contributed by atoms with E-state index >= 15 is 14.4 Å². The van der Waals surface area contributed by atoms with Gasteiger partial charge in [-0.25, -0.2) is 0 Å². The van der Waals surface area contributed by atoms with E-state index in [-0.39, 0.29) is 76.5 Å². The minimum absolute atomic E-state index is 0.00106. The molecule has 18 heteroatoms. The van der Waals surface area contributed by atoms with Crippen molar-refractivity contribution in [3.05, 3.63) is 71.9 Å². The number of aromatic nitrogens is 1. The first-order valence-corrected chi connectivity index (χ1v) is 23.0. The van der Waals surface area contributed by atoms with Crippen LogP contribution in [-0.2, 0) is 46.4 Å². The third kappa shape index (κ3) is 12.7. The third-order valence-electron chi connectivity index (χ3n) is 12.8. The van der Waals surface area contributed by atoms with Gasteiger partial charge < -0.3 is 48.4 Å². The lowest BCUT2D eigenvalue weighted by Crippen LogP contribution is -2.63. The molecule has 2 aliphatic heterocycles. The van der Waals surface area contributed by atoms with Gasteiger partial charge in [-0.05, 0) is 74.6 Å². The molecule has 0 unspecified atom stereocenters. The number of para-hydroxylation sites is 1. The molecular weight excluding hydrogens is 831 g/mol. The highest BCUT2D eigenvalue weighted by Gasteiger charge is 2.46. The van der Waals surface area contributed by atoms with Gasteiger partial charge in [0.25, 0.3) is 11.8 Å². The lowest BCUT2D eigenvalue weighted by atomic mass is 9.84. The summed E-state index contributed by atoms with van der Waals surface area (Å²) in [4.78, 5) is 112. The van der Waals surface area contributed by atoms with Crippen LogP contribution in [0.4, 0.5) is 0 Å². The minimum atomic E-state index is -1.49. The minimum Gasteiger partial charge on any atom is -0.370 e. The number of H-pyrrole nitrogens is 1. The maximum absolute atomic E-state index is 15.5. The molecule has 3 aromatic rings. The summed E-state index contributed by atoms with van der Waals surface area (Å²) >= 11 is 0. The molecule has 3 heterocycles. The number of nitrogens with zero attached hydrogens (tertiary/aromatic N) is 3. The van der Waals surface area contributed by atoms with Crippen molar-refractivity contribution < 1.29 is 33.6 Å². The number of hydrogen-bond acceptors (Lipinski definition) is 9. The van der Waals surface area contributed by atoms with Crippen LogP contribution in [0.3, 0.4) is 0 Å². The number of guanidine groups is 1. The molecule has 65 heavy (non-hydrogen) atoms. The molecule has 11 N–H and O–H groups in total. The number of imide groups is 1. The van der Waals surface area contributed by atoms with E-state index in [0.29, 0.717) is 24.0 Å². The van der Waals surface area contributed by atoms with Gasteiger partial charge in [-0.15, -0.1) is 0 Å². The molecule has 18 nitrogen and oxygen atoms in total. The first-order chi connectivity index (χ1) is 31.3. The normalized spacial score (nSPS) is 23.1. The SMILES string of the molecule is CC(=O)N[C@@H](Cc1ccccc1)C(=O)N1C(=O)[C@H](CCCN=C(N)N)NC(=O)[C@H](Cc2c[nH]c3ccccc23)NC(=O)[C@@H](CC2CCCCC2)NC(=O)[C@@H]2CCCN2C(=O)[C@@H]1CCCN. The second-order valence-corrected chi connectivity index (χ2v) is 17.6. The largest absolute Gasteiger partial charge is 0.370 e. The van der Waals surface area contributed by atoms with Gasteiger partial charge in [0, 0.05) is 50.0 Å². The Hall–Kier alpha value is -6.30. The van der Waals surface area contributed by atoms with Crippen molar-refractivity contribution in [3.8, 4) is 0 Å². The molecular formula is C47H65N11O7. The molecule has 0 spiro atoms. The molecule has 0 radical (unpaired) electrons. The molecule has 2 saturated heterocycles. The van der Waals surface area contributed by atoms with E-state index in [2.05, 4.69) is 31.2 Å². The van der Waals surface area contributed by atoms with Gasteiger partial charge in [0.1, 0.15) is 36.3 Å². The number of nitrogens with one attached hydrogen (secondary N) is 5. The Labute approximate surface area is 379 Å². The number of carbonyl (C=O) groups is 7. The molecule has 0 bridgehead atoms. The quantitative estimate of drug-likeness (QED) is 0.0617. The summed E-state index contributed by atoms with van der Waals surface area (Å²) in [5.74, 6) is -4.90. The van der Waals surface area contributed by atoms with Crippen LogP contribution in [-0.4, -0.2) is 118 Å². The summed E-state index contributed by atoms with van der Waals surface area (Å²) in [5.41, 5.74) is 19.5. The summed E-state index contributed by atoms with van der Waals surface area (Å²) in [7, 11) is 0. The first-order valence-electron chi connectivity index (χ1n) is 23.0. The molecule has 2 aromatic carbocycles. The topological polar surface area (TPSA) is 280 Å². The average Bonchev–Trinajstić information content (AvgIpc) is 3.96. The van der Waals surface area contributed by atoms with Gasteiger partial charge in [0.15, 0.2) is 5.96 Å². The maximum Gasteiger partial charge on any atom is 0.252 e. The van der Waals surface area contributed by atoms with Gasteiger partial charge in [-0.3, -0.25) is 43.5 Å². The number of aliphatic imine (C=N–C) groups is 1. The number of amides is 7. The highest BCUT2D eigenvalue weighted by atomic mass is 16.2. The van der Waals surface area contributed by atoms with E-state index in [1.165, 1.54) is 11.8 Å². The Morgan fingerprint density at radius 3 is 2.22 bits per heavy atom. The van der Waals surface area contributed by atoms with Crippen LogP contribution >= 0.6 is 0 Å². The van der Waals surface area contributed by atoms with Crippen LogP contribution in [0.2, 0.25) is 0 Å². The monoisotopic (exact) mass is 896 g/mol. The molecule has 1 aromatic heterocycles. The highest BCUT2D eigenvalue weighted by Crippen LogP contribution is 2.29. The molecule has 350 valence electrons. The van der Waals surface area contributed by atoms with Crippen molar-refractivity contribution in [2.45, 2.75) is 133 Å². The molecule has 6 atom stereocenters. The van der Waals surface area contributed by atoms with E-state index in [9.17, 15) is 19.2 Å². The zero-order valence-corrected chi connectivity index (χ0v) is 37.3. The van der Waals surface area contributed by atoms with Gasteiger partial charge >= 0.3 is 0 Å². The van der Waals surface area contributed by atoms with Crippen molar-refractivity contribution >= 4 is 58.2 Å². The van der Waals surface area contributed by atoms with Crippen LogP contribution < -0.4 is 38.5 Å². The number of carbonyl (C=O) groups excluding carboxylic acids is 7. The summed E-state index contributed by atoms with van der Waals surface area (Å²) < 4.78 is 0. The zero-order chi connectivity index (χ0) is 46.5. The van der Waals surface area contributed by atoms with Crippen LogP contribution in [0.25, 0.3) is 10.9 Å². The van der Waals surface area contributed by atoms with Gasteiger partial charge in [-0.1, -0.05) is 80.6 Å². The van der Waals surface area contributed by atoms with Crippen LogP contribution in [0.5, 0.6) is 0 Å². The number of rotatable bonds is 15. The Bertz CT molecular complexity index is 2190. The smallest absolute Gasteiger partial charge is 0.252 e. The molecule has 6 rings (SSSR count). The van der Waals surface area contributed by atoms with Crippen LogP contribution in [0, 0.1) is 5.92 Å². The average molecular weight is 896 g/mol. The zero-order valence-electron chi connectivity index (χ0n) is 37.3. The maximum atomic E-state index is 15.5. The summed E-state index contributed by atoms with van der Waals surface area (Å²) in [6.07, 6.45) is 7.84. The molecule has 1 aliphatic carbocycles. The Balaban J connectivity index is 1.49. The highest BCUT2D eigenvalue weighted by molar-refractivity contribution is 6.07. The first kappa shape index (κ1) is 48.2. The van der Waals surface area contributed by atoms with E-state index in [0.717, 1.165) is 47.9 Å². The molecule has 7 amide bonds. The lowest BCUT2D eigenvalue weighted by molar-refractivity contribution is -0.159. The van der Waals surface area contributed by atoms with Crippen molar-refractivity contribution in [2.75, 3.05) is 19.6 Å². The van der Waals surface area contributed by atoms with Gasteiger partial charge in [0.05, 0.1) is 0 Å². The van der Waals surface area contributed by atoms with Crippen molar-refractivity contribution in [2.24, 2.45) is 28.1 Å². The fourth-order valence-corrected chi connectivity index (χ4v) is 9.51. The Kier molecular flexibility index (Phi) is 17.1. The number of aromatic amines is 1. The second-order valence-electron chi connectivity index (χ2n) is 17.6. The predicted molar refractivity (Wildman–Crippen MR) is 245 cm³/mol. The molecule has 3 aliphatic rings. The number of nitrogens with two attached hydrogens (primary N) is 3. The predicted octanol–water partition coefficient (Wildman–Crippen LogP) is 1.40. The van der Waals surface area contributed by atoms with E-state index in [1.54, 1.807) is 36.5 Å². The Morgan fingerprint density at radius 1 is 0.800 bits per heavy atom.